The monoisotopic (exact) mass is 264 g/mol. The standard InChI is InChI=1S/C12H13ClN4O/c1-2-3-8-6-9(13)4-5-10(8)17-7-15-11(14)16-12(17)18/h4-7H,2-3H2,1H3,(H2,14,16,18). The first-order valence-electron chi connectivity index (χ1n) is 5.61. The number of hydrogen-bond acceptors (Lipinski definition) is 4. The molecule has 0 amide bonds. The van der Waals surface area contributed by atoms with Crippen LogP contribution in [-0.2, 0) is 6.42 Å². The van der Waals surface area contributed by atoms with E-state index in [9.17, 15) is 4.79 Å². The van der Waals surface area contributed by atoms with Gasteiger partial charge in [-0.3, -0.25) is 4.57 Å². The van der Waals surface area contributed by atoms with Gasteiger partial charge in [-0.05, 0) is 30.2 Å². The van der Waals surface area contributed by atoms with Gasteiger partial charge in [-0.25, -0.2) is 9.78 Å². The van der Waals surface area contributed by atoms with Gasteiger partial charge in [0.05, 0.1) is 5.69 Å². The predicted molar refractivity (Wildman–Crippen MR) is 71.0 cm³/mol. The smallest absolute Gasteiger partial charge is 0.356 e. The van der Waals surface area contributed by atoms with Crippen molar-refractivity contribution in [2.75, 3.05) is 5.73 Å². The number of rotatable bonds is 3. The minimum absolute atomic E-state index is 0.0257. The molecule has 2 N–H and O–H groups in total. The van der Waals surface area contributed by atoms with Gasteiger partial charge in [0.25, 0.3) is 0 Å². The molecule has 1 aromatic heterocycles. The number of nitrogens with zero attached hydrogens (tertiary/aromatic N) is 3. The van der Waals surface area contributed by atoms with Crippen LogP contribution in [0.15, 0.2) is 29.3 Å². The van der Waals surface area contributed by atoms with E-state index in [-0.39, 0.29) is 5.95 Å². The summed E-state index contributed by atoms with van der Waals surface area (Å²) in [5, 5.41) is 0.645. The Morgan fingerprint density at radius 1 is 1.44 bits per heavy atom. The molecule has 0 aliphatic heterocycles. The largest absolute Gasteiger partial charge is 0.368 e. The van der Waals surface area contributed by atoms with Crippen molar-refractivity contribution in [1.29, 1.82) is 0 Å². The topological polar surface area (TPSA) is 73.8 Å². The second kappa shape index (κ2) is 5.18. The zero-order chi connectivity index (χ0) is 13.1. The van der Waals surface area contributed by atoms with Crippen molar-refractivity contribution in [2.45, 2.75) is 19.8 Å². The highest BCUT2D eigenvalue weighted by Gasteiger charge is 2.08. The molecule has 2 aromatic rings. The summed E-state index contributed by atoms with van der Waals surface area (Å²) in [6.07, 6.45) is 3.16. The molecule has 0 aliphatic carbocycles. The lowest BCUT2D eigenvalue weighted by Crippen LogP contribution is -2.24. The minimum atomic E-state index is -0.442. The van der Waals surface area contributed by atoms with E-state index in [1.54, 1.807) is 12.1 Å². The molecule has 5 nitrogen and oxygen atoms in total. The molecule has 94 valence electrons. The highest BCUT2D eigenvalue weighted by molar-refractivity contribution is 6.30. The van der Waals surface area contributed by atoms with Gasteiger partial charge < -0.3 is 5.73 Å². The lowest BCUT2D eigenvalue weighted by atomic mass is 10.1. The number of hydrogen-bond donors (Lipinski definition) is 1. The summed E-state index contributed by atoms with van der Waals surface area (Å²) in [7, 11) is 0. The quantitative estimate of drug-likeness (QED) is 0.918. The Kier molecular flexibility index (Phi) is 3.62. The summed E-state index contributed by atoms with van der Waals surface area (Å²) in [5.74, 6) is -0.0257. The van der Waals surface area contributed by atoms with Gasteiger partial charge in [-0.15, -0.1) is 0 Å². The molecule has 0 fully saturated rings. The number of aromatic nitrogens is 3. The van der Waals surface area contributed by atoms with Crippen molar-refractivity contribution in [3.05, 3.63) is 45.6 Å². The van der Waals surface area contributed by atoms with Gasteiger partial charge >= 0.3 is 5.69 Å². The van der Waals surface area contributed by atoms with Crippen LogP contribution in [0, 0.1) is 0 Å². The third-order valence-electron chi connectivity index (χ3n) is 2.54. The average molecular weight is 265 g/mol. The fraction of sp³-hybridized carbons (Fsp3) is 0.250. The highest BCUT2D eigenvalue weighted by atomic mass is 35.5. The van der Waals surface area contributed by atoms with E-state index < -0.39 is 5.69 Å². The fourth-order valence-corrected chi connectivity index (χ4v) is 1.97. The summed E-state index contributed by atoms with van der Waals surface area (Å²) in [5.41, 5.74) is 6.66. The third kappa shape index (κ3) is 2.51. The summed E-state index contributed by atoms with van der Waals surface area (Å²) >= 11 is 5.97. The van der Waals surface area contributed by atoms with E-state index in [0.29, 0.717) is 5.02 Å². The van der Waals surface area contributed by atoms with Gasteiger partial charge in [-0.2, -0.15) is 4.98 Å². The number of aryl methyl sites for hydroxylation is 1. The SMILES string of the molecule is CCCc1cc(Cl)ccc1-n1cnc(N)nc1=O. The van der Waals surface area contributed by atoms with Crippen LogP contribution in [0.1, 0.15) is 18.9 Å². The van der Waals surface area contributed by atoms with Crippen LogP contribution in [-0.4, -0.2) is 14.5 Å². The van der Waals surface area contributed by atoms with Crippen molar-refractivity contribution in [3.63, 3.8) is 0 Å². The number of anilines is 1. The van der Waals surface area contributed by atoms with Crippen LogP contribution < -0.4 is 11.4 Å². The Morgan fingerprint density at radius 3 is 2.89 bits per heavy atom. The first kappa shape index (κ1) is 12.6. The maximum Gasteiger partial charge on any atom is 0.356 e. The van der Waals surface area contributed by atoms with Gasteiger partial charge in [0.15, 0.2) is 0 Å². The van der Waals surface area contributed by atoms with Crippen LogP contribution in [0.4, 0.5) is 5.95 Å². The second-order valence-electron chi connectivity index (χ2n) is 3.89. The number of benzene rings is 1. The highest BCUT2D eigenvalue weighted by Crippen LogP contribution is 2.19. The van der Waals surface area contributed by atoms with Crippen molar-refractivity contribution < 1.29 is 0 Å². The molecule has 0 bridgehead atoms. The third-order valence-corrected chi connectivity index (χ3v) is 2.78. The Morgan fingerprint density at radius 2 is 2.22 bits per heavy atom. The van der Waals surface area contributed by atoms with Gasteiger partial charge in [0.1, 0.15) is 6.33 Å². The first-order valence-corrected chi connectivity index (χ1v) is 5.99. The molecule has 18 heavy (non-hydrogen) atoms. The molecule has 0 unspecified atom stereocenters. The van der Waals surface area contributed by atoms with E-state index >= 15 is 0 Å². The van der Waals surface area contributed by atoms with Gasteiger partial charge in [0, 0.05) is 5.02 Å². The lowest BCUT2D eigenvalue weighted by Gasteiger charge is -2.10. The van der Waals surface area contributed by atoms with E-state index in [0.717, 1.165) is 24.1 Å². The van der Waals surface area contributed by atoms with Crippen molar-refractivity contribution in [1.82, 2.24) is 14.5 Å². The van der Waals surface area contributed by atoms with Gasteiger partial charge in [0.2, 0.25) is 5.95 Å². The summed E-state index contributed by atoms with van der Waals surface area (Å²) in [4.78, 5) is 19.2. The molecule has 0 saturated carbocycles. The molecular formula is C12H13ClN4O. The predicted octanol–water partition coefficient (Wildman–Crippen LogP) is 1.82. The second-order valence-corrected chi connectivity index (χ2v) is 4.33. The maximum atomic E-state index is 11.8. The molecule has 0 saturated heterocycles. The van der Waals surface area contributed by atoms with E-state index in [2.05, 4.69) is 16.9 Å². The van der Waals surface area contributed by atoms with Crippen LogP contribution in [0.25, 0.3) is 5.69 Å². The van der Waals surface area contributed by atoms with Crippen molar-refractivity contribution in [3.8, 4) is 5.69 Å². The molecule has 0 aliphatic rings. The Hall–Kier alpha value is -1.88. The van der Waals surface area contributed by atoms with Crippen molar-refractivity contribution >= 4 is 17.5 Å². The van der Waals surface area contributed by atoms with Crippen LogP contribution in [0.5, 0.6) is 0 Å². The Balaban J connectivity index is 2.59. The molecule has 0 spiro atoms. The number of nitrogen functional groups attached to an aromatic ring is 1. The Labute approximate surface area is 109 Å². The van der Waals surface area contributed by atoms with Gasteiger partial charge in [-0.1, -0.05) is 24.9 Å². The molecule has 6 heteroatoms. The summed E-state index contributed by atoms with van der Waals surface area (Å²) < 4.78 is 1.37. The molecule has 1 heterocycles. The number of halogens is 1. The number of nitrogens with two attached hydrogens (primary N) is 1. The van der Waals surface area contributed by atoms with E-state index in [1.807, 2.05) is 6.07 Å². The zero-order valence-corrected chi connectivity index (χ0v) is 10.7. The van der Waals surface area contributed by atoms with Crippen LogP contribution in [0.2, 0.25) is 5.02 Å². The fourth-order valence-electron chi connectivity index (χ4n) is 1.77. The first-order chi connectivity index (χ1) is 8.61. The summed E-state index contributed by atoms with van der Waals surface area (Å²) in [6.45, 7) is 2.06. The van der Waals surface area contributed by atoms with Crippen molar-refractivity contribution in [2.24, 2.45) is 0 Å². The lowest BCUT2D eigenvalue weighted by molar-refractivity contribution is 0.837. The average Bonchev–Trinajstić information content (AvgIpc) is 2.31. The molecule has 1 aromatic carbocycles. The molecule has 0 atom stereocenters. The van der Waals surface area contributed by atoms with E-state index in [4.69, 9.17) is 17.3 Å². The zero-order valence-electron chi connectivity index (χ0n) is 9.93. The van der Waals surface area contributed by atoms with Crippen LogP contribution >= 0.6 is 11.6 Å². The minimum Gasteiger partial charge on any atom is -0.368 e. The summed E-state index contributed by atoms with van der Waals surface area (Å²) in [6, 6.07) is 5.37. The normalized spacial score (nSPS) is 10.6. The Bertz CT molecular complexity index is 624. The molecular weight excluding hydrogens is 252 g/mol. The van der Waals surface area contributed by atoms with E-state index in [1.165, 1.54) is 10.9 Å². The maximum absolute atomic E-state index is 11.8. The molecule has 2 rings (SSSR count). The van der Waals surface area contributed by atoms with Crippen LogP contribution in [0.3, 0.4) is 0 Å². The molecule has 0 radical (unpaired) electrons.